The van der Waals surface area contributed by atoms with Gasteiger partial charge in [0.15, 0.2) is 6.61 Å². The molecule has 0 aliphatic rings. The Kier molecular flexibility index (Phi) is 4.04. The Morgan fingerprint density at radius 1 is 1.29 bits per heavy atom. The molecule has 1 rings (SSSR count). The summed E-state index contributed by atoms with van der Waals surface area (Å²) in [6, 6.07) is 4.67. The molecule has 90 valence electrons. The number of amides is 3. The third kappa shape index (κ3) is 3.82. The highest BCUT2D eigenvalue weighted by Gasteiger charge is 2.14. The van der Waals surface area contributed by atoms with Gasteiger partial charge in [-0.15, -0.1) is 0 Å². The Morgan fingerprint density at radius 2 is 1.94 bits per heavy atom. The number of urea groups is 1. The lowest BCUT2D eigenvalue weighted by molar-refractivity contribution is -0.123. The largest absolute Gasteiger partial charge is 0.507 e. The molecule has 0 fully saturated rings. The molecule has 0 aliphatic heterocycles. The van der Waals surface area contributed by atoms with E-state index in [1.807, 2.05) is 0 Å². The quantitative estimate of drug-likeness (QED) is 0.627. The molecule has 0 aromatic heterocycles. The fourth-order valence-electron chi connectivity index (χ4n) is 1.03. The van der Waals surface area contributed by atoms with Crippen molar-refractivity contribution in [2.45, 2.75) is 0 Å². The lowest BCUT2D eigenvalue weighted by atomic mass is 10.2. The van der Waals surface area contributed by atoms with Crippen LogP contribution in [0.25, 0.3) is 0 Å². The predicted molar refractivity (Wildman–Crippen MR) is 56.1 cm³/mol. The number of aromatic hydroxyl groups is 1. The summed E-state index contributed by atoms with van der Waals surface area (Å²) in [6.07, 6.45) is 0. The number of carbonyl (C=O) groups is 3. The van der Waals surface area contributed by atoms with E-state index < -0.39 is 24.5 Å². The minimum absolute atomic E-state index is 0.0700. The van der Waals surface area contributed by atoms with Crippen molar-refractivity contribution in [3.05, 3.63) is 29.8 Å². The van der Waals surface area contributed by atoms with Gasteiger partial charge in [0, 0.05) is 0 Å². The molecule has 0 bridgehead atoms. The van der Waals surface area contributed by atoms with E-state index in [9.17, 15) is 19.5 Å². The van der Waals surface area contributed by atoms with E-state index in [1.54, 1.807) is 5.32 Å². The normalized spacial score (nSPS) is 9.41. The van der Waals surface area contributed by atoms with Crippen molar-refractivity contribution in [2.24, 2.45) is 5.73 Å². The maximum atomic E-state index is 11.4. The molecule has 0 saturated carbocycles. The average Bonchev–Trinajstić information content (AvgIpc) is 2.25. The van der Waals surface area contributed by atoms with Crippen molar-refractivity contribution in [1.82, 2.24) is 5.32 Å². The van der Waals surface area contributed by atoms with Crippen LogP contribution >= 0.6 is 0 Å². The Balaban J connectivity index is 2.54. The molecule has 7 nitrogen and oxygen atoms in total. The summed E-state index contributed by atoms with van der Waals surface area (Å²) in [5.74, 6) is -1.98. The van der Waals surface area contributed by atoms with Crippen LogP contribution in [0.4, 0.5) is 4.79 Å². The minimum Gasteiger partial charge on any atom is -0.507 e. The Bertz CT molecular complexity index is 458. The summed E-state index contributed by atoms with van der Waals surface area (Å²) < 4.78 is 4.55. The lowest BCUT2D eigenvalue weighted by Gasteiger charge is -2.05. The van der Waals surface area contributed by atoms with Gasteiger partial charge in [-0.05, 0) is 12.1 Å². The zero-order chi connectivity index (χ0) is 12.8. The monoisotopic (exact) mass is 238 g/mol. The number of esters is 1. The maximum absolute atomic E-state index is 11.4. The van der Waals surface area contributed by atoms with Crippen molar-refractivity contribution >= 4 is 17.9 Å². The van der Waals surface area contributed by atoms with Crippen LogP contribution in [0, 0.1) is 0 Å². The number of carbonyl (C=O) groups excluding carboxylic acids is 3. The van der Waals surface area contributed by atoms with Crippen LogP contribution in [0.3, 0.4) is 0 Å². The van der Waals surface area contributed by atoms with Crippen LogP contribution in [0.2, 0.25) is 0 Å². The zero-order valence-electron chi connectivity index (χ0n) is 8.67. The molecule has 3 amide bonds. The number of hydrogen-bond donors (Lipinski definition) is 3. The minimum atomic E-state index is -1.03. The topological polar surface area (TPSA) is 119 Å². The van der Waals surface area contributed by atoms with E-state index in [0.717, 1.165) is 0 Å². The highest BCUT2D eigenvalue weighted by molar-refractivity contribution is 5.97. The van der Waals surface area contributed by atoms with Crippen LogP contribution < -0.4 is 11.1 Å². The summed E-state index contributed by atoms with van der Waals surface area (Å²) in [4.78, 5) is 32.6. The van der Waals surface area contributed by atoms with E-state index >= 15 is 0 Å². The summed E-state index contributed by atoms with van der Waals surface area (Å²) in [6.45, 7) is -0.657. The molecule has 1 aromatic rings. The van der Waals surface area contributed by atoms with Gasteiger partial charge in [0.1, 0.15) is 11.3 Å². The summed E-state index contributed by atoms with van der Waals surface area (Å²) in [7, 11) is 0. The number of rotatable bonds is 3. The third-order valence-electron chi connectivity index (χ3n) is 1.72. The zero-order valence-corrected chi connectivity index (χ0v) is 8.67. The van der Waals surface area contributed by atoms with Gasteiger partial charge in [-0.2, -0.15) is 0 Å². The van der Waals surface area contributed by atoms with E-state index in [1.165, 1.54) is 24.3 Å². The fraction of sp³-hybridized carbons (Fsp3) is 0.100. The first kappa shape index (κ1) is 12.5. The first-order chi connectivity index (χ1) is 8.00. The average molecular weight is 238 g/mol. The maximum Gasteiger partial charge on any atom is 0.342 e. The van der Waals surface area contributed by atoms with E-state index in [-0.39, 0.29) is 11.3 Å². The number of para-hydroxylation sites is 1. The van der Waals surface area contributed by atoms with Crippen molar-refractivity contribution in [3.8, 4) is 5.75 Å². The summed E-state index contributed by atoms with van der Waals surface area (Å²) >= 11 is 0. The first-order valence-corrected chi connectivity index (χ1v) is 4.55. The van der Waals surface area contributed by atoms with Crippen molar-refractivity contribution in [1.29, 1.82) is 0 Å². The SMILES string of the molecule is NC(=O)NC(=O)COC(=O)c1ccccc1O. The number of hydrogen-bond acceptors (Lipinski definition) is 5. The highest BCUT2D eigenvalue weighted by Crippen LogP contribution is 2.16. The molecule has 0 saturated heterocycles. The second kappa shape index (κ2) is 5.50. The fourth-order valence-corrected chi connectivity index (χ4v) is 1.03. The summed E-state index contributed by atoms with van der Waals surface area (Å²) in [5.41, 5.74) is 4.61. The van der Waals surface area contributed by atoms with Gasteiger partial charge in [0.05, 0.1) is 0 Å². The molecule has 0 atom stereocenters. The highest BCUT2D eigenvalue weighted by atomic mass is 16.5. The lowest BCUT2D eigenvalue weighted by Crippen LogP contribution is -2.37. The molecule has 0 spiro atoms. The number of ether oxygens (including phenoxy) is 1. The molecule has 0 radical (unpaired) electrons. The van der Waals surface area contributed by atoms with E-state index in [2.05, 4.69) is 10.5 Å². The van der Waals surface area contributed by atoms with Gasteiger partial charge in [0.25, 0.3) is 5.91 Å². The van der Waals surface area contributed by atoms with Gasteiger partial charge >= 0.3 is 12.0 Å². The number of benzene rings is 1. The molecular weight excluding hydrogens is 228 g/mol. The molecule has 7 heteroatoms. The van der Waals surface area contributed by atoms with Gasteiger partial charge in [-0.1, -0.05) is 12.1 Å². The summed E-state index contributed by atoms with van der Waals surface area (Å²) in [5, 5.41) is 11.0. The number of nitrogens with two attached hydrogens (primary N) is 1. The third-order valence-corrected chi connectivity index (χ3v) is 1.72. The number of primary amides is 1. The molecule has 17 heavy (non-hydrogen) atoms. The van der Waals surface area contributed by atoms with Gasteiger partial charge < -0.3 is 15.6 Å². The standard InChI is InChI=1S/C10H10N2O5/c11-10(16)12-8(14)5-17-9(15)6-3-1-2-4-7(6)13/h1-4,13H,5H2,(H3,11,12,14,16). The van der Waals surface area contributed by atoms with Crippen molar-refractivity contribution < 1.29 is 24.2 Å². The van der Waals surface area contributed by atoms with Gasteiger partial charge in [-0.25, -0.2) is 9.59 Å². The molecule has 0 heterocycles. The molecule has 0 unspecified atom stereocenters. The predicted octanol–water partition coefficient (Wildman–Crippen LogP) is -0.256. The van der Waals surface area contributed by atoms with Gasteiger partial charge in [-0.3, -0.25) is 10.1 Å². The van der Waals surface area contributed by atoms with Crippen molar-refractivity contribution in [3.63, 3.8) is 0 Å². The molecular formula is C10H10N2O5. The number of imide groups is 1. The molecule has 0 aliphatic carbocycles. The molecule has 4 N–H and O–H groups in total. The first-order valence-electron chi connectivity index (χ1n) is 4.55. The Labute approximate surface area is 96.2 Å². The van der Waals surface area contributed by atoms with Gasteiger partial charge in [0.2, 0.25) is 0 Å². The number of nitrogens with one attached hydrogen (secondary N) is 1. The number of phenols is 1. The van der Waals surface area contributed by atoms with E-state index in [4.69, 9.17) is 0 Å². The number of phenolic OH excluding ortho intramolecular Hbond substituents is 1. The van der Waals surface area contributed by atoms with Crippen LogP contribution in [-0.4, -0.2) is 29.6 Å². The van der Waals surface area contributed by atoms with Crippen LogP contribution in [-0.2, 0) is 9.53 Å². The van der Waals surface area contributed by atoms with Crippen molar-refractivity contribution in [2.75, 3.05) is 6.61 Å². The van der Waals surface area contributed by atoms with Crippen LogP contribution in [0.5, 0.6) is 5.75 Å². The Morgan fingerprint density at radius 3 is 2.53 bits per heavy atom. The smallest absolute Gasteiger partial charge is 0.342 e. The van der Waals surface area contributed by atoms with Crippen LogP contribution in [0.1, 0.15) is 10.4 Å². The van der Waals surface area contributed by atoms with E-state index in [0.29, 0.717) is 0 Å². The molecule has 1 aromatic carbocycles. The second-order valence-corrected chi connectivity index (χ2v) is 3.01. The van der Waals surface area contributed by atoms with Crippen LogP contribution in [0.15, 0.2) is 24.3 Å². The second-order valence-electron chi connectivity index (χ2n) is 3.01. The Hall–Kier alpha value is -2.57.